The second-order valence-corrected chi connectivity index (χ2v) is 4.93. The first-order valence-corrected chi connectivity index (χ1v) is 6.76. The van der Waals surface area contributed by atoms with Gasteiger partial charge in [0.25, 0.3) is 0 Å². The molecule has 2 nitrogen and oxygen atoms in total. The van der Waals surface area contributed by atoms with Gasteiger partial charge in [-0.05, 0) is 30.5 Å². The monoisotopic (exact) mass is 269 g/mol. The predicted molar refractivity (Wildman–Crippen MR) is 78.3 cm³/mol. The molecule has 3 aromatic rings. The minimum absolute atomic E-state index is 0.158. The van der Waals surface area contributed by atoms with Crippen LogP contribution in [0.4, 0.5) is 4.39 Å². The van der Waals surface area contributed by atoms with Gasteiger partial charge >= 0.3 is 0 Å². The van der Waals surface area contributed by atoms with E-state index in [1.165, 1.54) is 6.07 Å². The molecule has 0 radical (unpaired) electrons. The fraction of sp³-hybridized carbons (Fsp3) is 0.176. The Kier molecular flexibility index (Phi) is 3.42. The summed E-state index contributed by atoms with van der Waals surface area (Å²) in [5.74, 6) is 0.128. The van der Waals surface area contributed by atoms with Crippen molar-refractivity contribution >= 4 is 10.8 Å². The zero-order valence-electron chi connectivity index (χ0n) is 11.1. The lowest BCUT2D eigenvalue weighted by molar-refractivity contribution is 0.418. The zero-order chi connectivity index (χ0) is 13.9. The van der Waals surface area contributed by atoms with Gasteiger partial charge in [0.1, 0.15) is 5.82 Å². The Morgan fingerprint density at radius 1 is 1.00 bits per heavy atom. The van der Waals surface area contributed by atoms with E-state index in [1.807, 2.05) is 41.1 Å². The van der Waals surface area contributed by atoms with E-state index in [9.17, 15) is 9.50 Å². The van der Waals surface area contributed by atoms with Crippen LogP contribution in [0.1, 0.15) is 12.0 Å². The van der Waals surface area contributed by atoms with E-state index < -0.39 is 0 Å². The van der Waals surface area contributed by atoms with Crippen molar-refractivity contribution in [2.45, 2.75) is 19.4 Å². The highest BCUT2D eigenvalue weighted by atomic mass is 19.1. The van der Waals surface area contributed by atoms with Crippen molar-refractivity contribution in [3.05, 3.63) is 66.1 Å². The van der Waals surface area contributed by atoms with E-state index in [0.29, 0.717) is 13.0 Å². The van der Waals surface area contributed by atoms with E-state index in [2.05, 4.69) is 0 Å². The molecule has 1 aromatic heterocycles. The van der Waals surface area contributed by atoms with E-state index in [4.69, 9.17) is 0 Å². The summed E-state index contributed by atoms with van der Waals surface area (Å²) in [5, 5.41) is 12.0. The molecule has 0 atom stereocenters. The van der Waals surface area contributed by atoms with Gasteiger partial charge in [0.2, 0.25) is 0 Å². The minimum Gasteiger partial charge on any atom is -0.494 e. The Bertz CT molecular complexity index is 733. The second kappa shape index (κ2) is 5.37. The molecule has 0 aliphatic rings. The van der Waals surface area contributed by atoms with Crippen LogP contribution in [0.15, 0.2) is 54.7 Å². The van der Waals surface area contributed by atoms with Gasteiger partial charge in [-0.25, -0.2) is 4.39 Å². The van der Waals surface area contributed by atoms with Crippen LogP contribution in [0.25, 0.3) is 10.8 Å². The molecule has 3 heteroatoms. The van der Waals surface area contributed by atoms with Crippen LogP contribution < -0.4 is 0 Å². The van der Waals surface area contributed by atoms with Crippen molar-refractivity contribution in [2.24, 2.45) is 0 Å². The first kappa shape index (κ1) is 12.7. The topological polar surface area (TPSA) is 25.2 Å². The van der Waals surface area contributed by atoms with E-state index in [1.54, 1.807) is 12.1 Å². The maximum absolute atomic E-state index is 13.5. The molecule has 0 bridgehead atoms. The molecular weight excluding hydrogens is 253 g/mol. The van der Waals surface area contributed by atoms with E-state index in [0.717, 1.165) is 22.8 Å². The summed E-state index contributed by atoms with van der Waals surface area (Å²) in [4.78, 5) is 0. The largest absolute Gasteiger partial charge is 0.494 e. The molecule has 0 spiro atoms. The molecule has 0 amide bonds. The summed E-state index contributed by atoms with van der Waals surface area (Å²) in [7, 11) is 0. The lowest BCUT2D eigenvalue weighted by Gasteiger charge is -2.06. The second-order valence-electron chi connectivity index (χ2n) is 4.93. The molecule has 2 aromatic carbocycles. The van der Waals surface area contributed by atoms with Crippen LogP contribution >= 0.6 is 0 Å². The summed E-state index contributed by atoms with van der Waals surface area (Å²) in [5.41, 5.74) is 0.726. The van der Waals surface area contributed by atoms with Gasteiger partial charge in [-0.2, -0.15) is 0 Å². The quantitative estimate of drug-likeness (QED) is 0.757. The fourth-order valence-electron chi connectivity index (χ4n) is 2.51. The van der Waals surface area contributed by atoms with Gasteiger partial charge in [-0.15, -0.1) is 0 Å². The Hall–Kier alpha value is -2.29. The third kappa shape index (κ3) is 2.39. The number of hydrogen-bond acceptors (Lipinski definition) is 1. The third-order valence-electron chi connectivity index (χ3n) is 3.57. The highest BCUT2D eigenvalue weighted by molar-refractivity contribution is 5.87. The Balaban J connectivity index is 1.71. The number of aromatic hydroxyl groups is 1. The van der Waals surface area contributed by atoms with Gasteiger partial charge in [-0.1, -0.05) is 36.4 Å². The number of benzene rings is 2. The Labute approximate surface area is 117 Å². The molecule has 0 saturated carbocycles. The van der Waals surface area contributed by atoms with Crippen molar-refractivity contribution in [3.63, 3.8) is 0 Å². The molecule has 0 fully saturated rings. The average molecular weight is 269 g/mol. The number of aryl methyl sites for hydroxylation is 2. The highest BCUT2D eigenvalue weighted by Crippen LogP contribution is 2.27. The number of halogens is 1. The maximum Gasteiger partial charge on any atom is 0.199 e. The molecule has 0 aliphatic carbocycles. The third-order valence-corrected chi connectivity index (χ3v) is 3.57. The van der Waals surface area contributed by atoms with Crippen molar-refractivity contribution < 1.29 is 9.50 Å². The van der Waals surface area contributed by atoms with Gasteiger partial charge < -0.3 is 9.67 Å². The lowest BCUT2D eigenvalue weighted by Crippen LogP contribution is -1.98. The maximum atomic E-state index is 13.5. The van der Waals surface area contributed by atoms with E-state index in [-0.39, 0.29) is 11.7 Å². The molecule has 20 heavy (non-hydrogen) atoms. The average Bonchev–Trinajstić information content (AvgIpc) is 2.78. The van der Waals surface area contributed by atoms with Crippen LogP contribution in [0.5, 0.6) is 5.88 Å². The van der Waals surface area contributed by atoms with Crippen LogP contribution in [0, 0.1) is 5.82 Å². The van der Waals surface area contributed by atoms with Gasteiger partial charge in [0.05, 0.1) is 0 Å². The van der Waals surface area contributed by atoms with Crippen molar-refractivity contribution in [3.8, 4) is 5.88 Å². The predicted octanol–water partition coefficient (Wildman–Crippen LogP) is 4.12. The number of fused-ring (bicyclic) bond motifs is 1. The summed E-state index contributed by atoms with van der Waals surface area (Å²) in [6.07, 6.45) is 3.39. The lowest BCUT2D eigenvalue weighted by atomic mass is 10.1. The first-order chi connectivity index (χ1) is 9.75. The molecular formula is C17H16FNO. The number of hydrogen-bond donors (Lipinski definition) is 1. The zero-order valence-corrected chi connectivity index (χ0v) is 11.1. The first-order valence-electron chi connectivity index (χ1n) is 6.76. The Morgan fingerprint density at radius 2 is 1.75 bits per heavy atom. The van der Waals surface area contributed by atoms with Crippen LogP contribution in [0.2, 0.25) is 0 Å². The fourth-order valence-corrected chi connectivity index (χ4v) is 2.51. The smallest absolute Gasteiger partial charge is 0.199 e. The summed E-state index contributed by atoms with van der Waals surface area (Å²) in [6, 6.07) is 14.6. The molecule has 102 valence electrons. The molecule has 0 aliphatic heterocycles. The summed E-state index contributed by atoms with van der Waals surface area (Å²) in [6.45, 7) is 0.675. The van der Waals surface area contributed by atoms with Gasteiger partial charge in [0, 0.05) is 23.5 Å². The number of aromatic nitrogens is 1. The molecule has 1 heterocycles. The molecule has 1 N–H and O–H groups in total. The van der Waals surface area contributed by atoms with Gasteiger partial charge in [-0.3, -0.25) is 0 Å². The summed E-state index contributed by atoms with van der Waals surface area (Å²) < 4.78 is 15.3. The SMILES string of the molecule is Oc1c2ccccc2cn1CCCc1ccccc1F. The number of rotatable bonds is 4. The van der Waals surface area contributed by atoms with Crippen LogP contribution in [-0.4, -0.2) is 9.67 Å². The Morgan fingerprint density at radius 3 is 2.55 bits per heavy atom. The normalized spacial score (nSPS) is 11.1. The summed E-state index contributed by atoms with van der Waals surface area (Å²) >= 11 is 0. The molecule has 3 rings (SSSR count). The number of nitrogens with zero attached hydrogens (tertiary/aromatic N) is 1. The highest BCUT2D eigenvalue weighted by Gasteiger charge is 2.07. The van der Waals surface area contributed by atoms with Crippen LogP contribution in [-0.2, 0) is 13.0 Å². The van der Waals surface area contributed by atoms with Crippen molar-refractivity contribution in [2.75, 3.05) is 0 Å². The standard InChI is InChI=1S/C17H16FNO/c18-16-10-4-2-6-13(16)8-5-11-19-12-14-7-1-3-9-15(14)17(19)20/h1-4,6-7,9-10,12,20H,5,8,11H2. The van der Waals surface area contributed by atoms with Crippen LogP contribution in [0.3, 0.4) is 0 Å². The van der Waals surface area contributed by atoms with Crippen molar-refractivity contribution in [1.82, 2.24) is 4.57 Å². The molecule has 0 unspecified atom stereocenters. The van der Waals surface area contributed by atoms with E-state index >= 15 is 0 Å². The minimum atomic E-state index is -0.158. The van der Waals surface area contributed by atoms with Gasteiger partial charge in [0.15, 0.2) is 5.88 Å². The molecule has 0 saturated heterocycles. The van der Waals surface area contributed by atoms with Crippen molar-refractivity contribution in [1.29, 1.82) is 0 Å².